The molecule has 1 rings (SSSR count). The summed E-state index contributed by atoms with van der Waals surface area (Å²) in [7, 11) is 0.628. The van der Waals surface area contributed by atoms with E-state index in [-0.39, 0.29) is 12.0 Å². The Morgan fingerprint density at radius 2 is 2.37 bits per heavy atom. The van der Waals surface area contributed by atoms with Crippen LogP contribution in [0.15, 0.2) is 5.38 Å². The van der Waals surface area contributed by atoms with Crippen LogP contribution in [0.3, 0.4) is 0 Å². The Balaban J connectivity index is 2.37. The van der Waals surface area contributed by atoms with Crippen LogP contribution in [0.1, 0.15) is 25.5 Å². The number of esters is 1. The third-order valence-electron chi connectivity index (χ3n) is 2.57. The summed E-state index contributed by atoms with van der Waals surface area (Å²) in [5.41, 5.74) is 0.893. The molecule has 1 aromatic heterocycles. The zero-order valence-electron chi connectivity index (χ0n) is 11.5. The Morgan fingerprint density at radius 1 is 1.63 bits per heavy atom. The van der Waals surface area contributed by atoms with Crippen molar-refractivity contribution in [2.75, 3.05) is 24.4 Å². The number of carbonyl (C=O) groups excluding carboxylic acids is 1. The van der Waals surface area contributed by atoms with Crippen molar-refractivity contribution in [2.45, 2.75) is 32.2 Å². The highest BCUT2D eigenvalue weighted by molar-refractivity contribution is 7.84. The van der Waals surface area contributed by atoms with Crippen molar-refractivity contribution in [3.05, 3.63) is 11.1 Å². The Kier molecular flexibility index (Phi) is 7.01. The van der Waals surface area contributed by atoms with Crippen molar-refractivity contribution >= 4 is 33.2 Å². The molecule has 0 aliphatic heterocycles. The third kappa shape index (κ3) is 6.68. The number of rotatable bonds is 8. The van der Waals surface area contributed by atoms with Crippen molar-refractivity contribution < 1.29 is 13.7 Å². The lowest BCUT2D eigenvalue weighted by Gasteiger charge is -2.11. The number of nitrogens with one attached hydrogen (secondary N) is 1. The third-order valence-corrected chi connectivity index (χ3v) is 4.21. The van der Waals surface area contributed by atoms with E-state index < -0.39 is 10.8 Å². The minimum atomic E-state index is -0.757. The summed E-state index contributed by atoms with van der Waals surface area (Å²) in [6, 6.07) is 0.239. The lowest BCUT2D eigenvalue weighted by Crippen LogP contribution is -2.17. The predicted molar refractivity (Wildman–Crippen MR) is 79.1 cm³/mol. The van der Waals surface area contributed by atoms with Crippen molar-refractivity contribution in [3.8, 4) is 0 Å². The van der Waals surface area contributed by atoms with Crippen LogP contribution in [-0.2, 0) is 26.8 Å². The number of carbonyl (C=O) groups is 1. The second-order valence-corrected chi connectivity index (χ2v) is 6.74. The van der Waals surface area contributed by atoms with Gasteiger partial charge in [-0.1, -0.05) is 0 Å². The molecule has 0 saturated heterocycles. The van der Waals surface area contributed by atoms with Crippen molar-refractivity contribution in [3.63, 3.8) is 0 Å². The summed E-state index contributed by atoms with van der Waals surface area (Å²) >= 11 is 1.52. The first-order valence-electron chi connectivity index (χ1n) is 6.09. The Morgan fingerprint density at radius 3 is 3.00 bits per heavy atom. The average molecular weight is 304 g/mol. The van der Waals surface area contributed by atoms with Gasteiger partial charge in [-0.2, -0.15) is 0 Å². The topological polar surface area (TPSA) is 68.3 Å². The molecular weight excluding hydrogens is 284 g/mol. The fourth-order valence-electron chi connectivity index (χ4n) is 1.45. The van der Waals surface area contributed by atoms with E-state index in [9.17, 15) is 9.00 Å². The zero-order chi connectivity index (χ0) is 14.3. The first kappa shape index (κ1) is 16.1. The molecule has 0 aliphatic rings. The van der Waals surface area contributed by atoms with Crippen LogP contribution in [0.25, 0.3) is 0 Å². The van der Waals surface area contributed by atoms with Crippen molar-refractivity contribution in [2.24, 2.45) is 0 Å². The molecule has 0 saturated carbocycles. The van der Waals surface area contributed by atoms with Crippen LogP contribution in [-0.4, -0.2) is 40.3 Å². The maximum Gasteiger partial charge on any atom is 0.305 e. The SMILES string of the molecule is COC(=O)CCc1csc(NC(C)CCS(C)=O)n1. The second kappa shape index (κ2) is 8.27. The largest absolute Gasteiger partial charge is 0.469 e. The average Bonchev–Trinajstić information content (AvgIpc) is 2.81. The molecule has 108 valence electrons. The van der Waals surface area contributed by atoms with Crippen LogP contribution >= 0.6 is 11.3 Å². The molecule has 1 aromatic rings. The highest BCUT2D eigenvalue weighted by atomic mass is 32.2. The molecule has 19 heavy (non-hydrogen) atoms. The molecule has 0 aromatic carbocycles. The molecular formula is C12H20N2O3S2. The van der Waals surface area contributed by atoms with Crippen LogP contribution in [0.4, 0.5) is 5.13 Å². The number of methoxy groups -OCH3 is 1. The van der Waals surface area contributed by atoms with E-state index in [1.165, 1.54) is 18.4 Å². The van der Waals surface area contributed by atoms with E-state index in [4.69, 9.17) is 0 Å². The molecule has 1 N–H and O–H groups in total. The summed E-state index contributed by atoms with van der Waals surface area (Å²) < 4.78 is 15.6. The summed E-state index contributed by atoms with van der Waals surface area (Å²) in [5, 5.41) is 6.06. The lowest BCUT2D eigenvalue weighted by molar-refractivity contribution is -0.140. The number of nitrogens with zero attached hydrogens (tertiary/aromatic N) is 1. The number of anilines is 1. The molecule has 0 radical (unpaired) electrons. The van der Waals surface area contributed by atoms with Gasteiger partial charge in [-0.05, 0) is 13.3 Å². The quantitative estimate of drug-likeness (QED) is 0.742. The number of ether oxygens (including phenoxy) is 1. The number of hydrogen-bond donors (Lipinski definition) is 1. The van der Waals surface area contributed by atoms with Gasteiger partial charge in [0.25, 0.3) is 0 Å². The standard InChI is InChI=1S/C12H20N2O3S2/c1-9(6-7-19(3)16)13-12-14-10(8-18-12)4-5-11(15)17-2/h8-9H,4-7H2,1-3H3,(H,13,14). The van der Waals surface area contributed by atoms with Crippen LogP contribution in [0.2, 0.25) is 0 Å². The van der Waals surface area contributed by atoms with Crippen LogP contribution < -0.4 is 5.32 Å². The minimum Gasteiger partial charge on any atom is -0.469 e. The van der Waals surface area contributed by atoms with Crippen molar-refractivity contribution in [1.82, 2.24) is 4.98 Å². The van der Waals surface area contributed by atoms with E-state index >= 15 is 0 Å². The number of hydrogen-bond acceptors (Lipinski definition) is 6. The Hall–Kier alpha value is -0.950. The zero-order valence-corrected chi connectivity index (χ0v) is 13.1. The Labute approximate surface area is 120 Å². The van der Waals surface area contributed by atoms with Gasteiger partial charge in [0.2, 0.25) is 0 Å². The molecule has 0 fully saturated rings. The summed E-state index contributed by atoms with van der Waals surface area (Å²) in [6.45, 7) is 2.04. The van der Waals surface area contributed by atoms with Gasteiger partial charge in [0.15, 0.2) is 5.13 Å². The fourth-order valence-corrected chi connectivity index (χ4v) is 2.99. The molecule has 1 heterocycles. The van der Waals surface area contributed by atoms with E-state index in [2.05, 4.69) is 15.0 Å². The molecule has 7 heteroatoms. The first-order chi connectivity index (χ1) is 9.01. The van der Waals surface area contributed by atoms with Gasteiger partial charge in [-0.3, -0.25) is 9.00 Å². The second-order valence-electron chi connectivity index (χ2n) is 4.33. The summed E-state index contributed by atoms with van der Waals surface area (Å²) in [6.07, 6.45) is 3.50. The van der Waals surface area contributed by atoms with Crippen LogP contribution in [0.5, 0.6) is 0 Å². The molecule has 2 atom stereocenters. The van der Waals surface area contributed by atoms with Gasteiger partial charge in [0, 0.05) is 40.7 Å². The number of aromatic nitrogens is 1. The number of thiazole rings is 1. The molecule has 0 amide bonds. The minimum absolute atomic E-state index is 0.221. The predicted octanol–water partition coefficient (Wildman–Crippen LogP) is 1.82. The smallest absolute Gasteiger partial charge is 0.305 e. The molecule has 0 spiro atoms. The van der Waals surface area contributed by atoms with Gasteiger partial charge < -0.3 is 10.1 Å². The van der Waals surface area contributed by atoms with E-state index in [0.717, 1.165) is 17.2 Å². The normalized spacial score (nSPS) is 13.8. The van der Waals surface area contributed by atoms with Gasteiger partial charge in [0.05, 0.1) is 19.2 Å². The van der Waals surface area contributed by atoms with Gasteiger partial charge in [0.1, 0.15) is 0 Å². The highest BCUT2D eigenvalue weighted by Crippen LogP contribution is 2.18. The van der Waals surface area contributed by atoms with Crippen LogP contribution in [0, 0.1) is 0 Å². The highest BCUT2D eigenvalue weighted by Gasteiger charge is 2.08. The van der Waals surface area contributed by atoms with Gasteiger partial charge in [-0.25, -0.2) is 4.98 Å². The summed E-state index contributed by atoms with van der Waals surface area (Å²) in [5.74, 6) is 0.468. The van der Waals surface area contributed by atoms with E-state index in [1.54, 1.807) is 6.26 Å². The molecule has 0 aliphatic carbocycles. The molecule has 0 bridgehead atoms. The first-order valence-corrected chi connectivity index (χ1v) is 8.69. The number of aryl methyl sites for hydroxylation is 1. The monoisotopic (exact) mass is 304 g/mol. The van der Waals surface area contributed by atoms with Gasteiger partial charge in [-0.15, -0.1) is 11.3 Å². The molecule has 2 unspecified atom stereocenters. The lowest BCUT2D eigenvalue weighted by atomic mass is 10.2. The Bertz CT molecular complexity index is 434. The fraction of sp³-hybridized carbons (Fsp3) is 0.667. The van der Waals surface area contributed by atoms with Gasteiger partial charge >= 0.3 is 5.97 Å². The molecule has 5 nitrogen and oxygen atoms in total. The summed E-state index contributed by atoms with van der Waals surface area (Å²) in [4.78, 5) is 15.4. The maximum atomic E-state index is 11.0. The van der Waals surface area contributed by atoms with E-state index in [0.29, 0.717) is 18.6 Å². The van der Waals surface area contributed by atoms with E-state index in [1.807, 2.05) is 12.3 Å². The maximum absolute atomic E-state index is 11.0. The van der Waals surface area contributed by atoms with Crippen molar-refractivity contribution in [1.29, 1.82) is 0 Å².